The zero-order chi connectivity index (χ0) is 13.3. The third kappa shape index (κ3) is 8.42. The molecule has 3 rings (SSSR count). The van der Waals surface area contributed by atoms with Crippen molar-refractivity contribution in [1.29, 1.82) is 0 Å². The van der Waals surface area contributed by atoms with Crippen LogP contribution in [-0.2, 0) is 31.3 Å². The molecule has 0 bridgehead atoms. The Bertz CT molecular complexity index is 224. The van der Waals surface area contributed by atoms with Crippen molar-refractivity contribution in [3.63, 3.8) is 0 Å². The quantitative estimate of drug-likeness (QED) is 0.496. The second kappa shape index (κ2) is 13.4. The summed E-state index contributed by atoms with van der Waals surface area (Å²) in [4.78, 5) is 0. The van der Waals surface area contributed by atoms with Crippen LogP contribution in [0.3, 0.4) is 0 Å². The van der Waals surface area contributed by atoms with Gasteiger partial charge in [-0.25, -0.2) is 6.42 Å². The van der Waals surface area contributed by atoms with Crippen LogP contribution in [0, 0.1) is 63.7 Å². The van der Waals surface area contributed by atoms with Crippen LogP contribution in [0.2, 0.25) is 0 Å². The Morgan fingerprint density at radius 3 is 2.38 bits per heavy atom. The largest absolute Gasteiger partial charge is 1.00 e. The summed E-state index contributed by atoms with van der Waals surface area (Å²) < 4.78 is 16.2. The van der Waals surface area contributed by atoms with E-state index in [9.17, 15) is 0 Å². The monoisotopic (exact) mass is 322 g/mol. The molecule has 1 heterocycles. The average Bonchev–Trinajstić information content (AvgIpc) is 3.16. The van der Waals surface area contributed by atoms with E-state index in [1.54, 1.807) is 7.11 Å². The molecule has 2 atom stereocenters. The Morgan fingerprint density at radius 2 is 1.86 bits per heavy atom. The van der Waals surface area contributed by atoms with Crippen molar-refractivity contribution in [2.45, 2.75) is 18.8 Å². The van der Waals surface area contributed by atoms with Gasteiger partial charge in [-0.1, -0.05) is 12.8 Å². The topological polar surface area (TPSA) is 27.7 Å². The molecule has 0 amide bonds. The Balaban J connectivity index is 0.000000491. The summed E-state index contributed by atoms with van der Waals surface area (Å²) in [7, 11) is 1.68. The van der Waals surface area contributed by atoms with Gasteiger partial charge in [0.2, 0.25) is 0 Å². The first-order valence-electron chi connectivity index (χ1n) is 6.46. The second-order valence-electron chi connectivity index (χ2n) is 4.29. The second-order valence-corrected chi connectivity index (χ2v) is 4.29. The minimum absolute atomic E-state index is 0. The molecule has 3 nitrogen and oxygen atoms in total. The standard InChI is InChI=1S/C11H14O3.C5H5.Fe.Li/c1-12-8-10-6-7-13-11(14-10)9-4-2-3-5-9;1-2-4-5-3-1;;/h2-4,10-11H,6-8H2,1H3;1-5H;;/q-1;;;+1/t10-,11-;;;/m0.../s1. The van der Waals surface area contributed by atoms with Crippen molar-refractivity contribution in [2.24, 2.45) is 0 Å². The number of ether oxygens (including phenoxy) is 3. The molecule has 0 aromatic rings. The van der Waals surface area contributed by atoms with E-state index in [1.165, 1.54) is 0 Å². The summed E-state index contributed by atoms with van der Waals surface area (Å²) >= 11 is 0. The van der Waals surface area contributed by atoms with Gasteiger partial charge in [0.05, 0.1) is 19.3 Å². The average molecular weight is 322 g/mol. The van der Waals surface area contributed by atoms with Gasteiger partial charge in [-0.15, -0.1) is 5.92 Å². The van der Waals surface area contributed by atoms with E-state index in [1.807, 2.05) is 51.4 Å². The Hall–Kier alpha value is 0.997. The van der Waals surface area contributed by atoms with Gasteiger partial charge in [0.25, 0.3) is 0 Å². The fourth-order valence-electron chi connectivity index (χ4n) is 1.87. The maximum absolute atomic E-state index is 5.69. The summed E-state index contributed by atoms with van der Waals surface area (Å²) in [5, 5.41) is 0. The fraction of sp³-hybridized carbons (Fsp3) is 0.375. The van der Waals surface area contributed by atoms with Crippen LogP contribution in [0.25, 0.3) is 0 Å². The van der Waals surface area contributed by atoms with Crippen LogP contribution in [-0.4, -0.2) is 32.7 Å². The zero-order valence-corrected chi connectivity index (χ0v) is 13.6. The van der Waals surface area contributed by atoms with Gasteiger partial charge in [-0.3, -0.25) is 0 Å². The summed E-state index contributed by atoms with van der Waals surface area (Å²) in [6.07, 6.45) is 19.6. The Kier molecular flexibility index (Phi) is 14.1. The van der Waals surface area contributed by atoms with Crippen molar-refractivity contribution in [2.75, 3.05) is 20.3 Å². The van der Waals surface area contributed by atoms with Gasteiger partial charge in [-0.05, 0) is 38.5 Å². The molecule has 2 aliphatic carbocycles. The normalized spacial score (nSPS) is 29.0. The molecule has 21 heavy (non-hydrogen) atoms. The van der Waals surface area contributed by atoms with Crippen LogP contribution in [0.5, 0.6) is 0 Å². The van der Waals surface area contributed by atoms with Gasteiger partial charge < -0.3 is 20.6 Å². The predicted molar refractivity (Wildman–Crippen MR) is 72.0 cm³/mol. The van der Waals surface area contributed by atoms with Gasteiger partial charge in [0, 0.05) is 24.2 Å². The number of methoxy groups -OCH3 is 1. The van der Waals surface area contributed by atoms with Crippen molar-refractivity contribution in [3.8, 4) is 0 Å². The van der Waals surface area contributed by atoms with Gasteiger partial charge in [-0.2, -0.15) is 0 Å². The number of rotatable bonds is 3. The first-order chi connectivity index (χ1) is 9.40. The molecule has 0 unspecified atom stereocenters. The SMILES string of the molecule is COC[C@@H]1CCO[C@H]([C]2[C-][CH][CH][CH]2)O1.[CH]1[CH][CH][CH][CH]1.[Fe].[Li+]. The summed E-state index contributed by atoms with van der Waals surface area (Å²) in [6, 6.07) is 0. The maximum atomic E-state index is 5.69. The summed E-state index contributed by atoms with van der Waals surface area (Å²) in [5.74, 6) is 0.964. The maximum Gasteiger partial charge on any atom is 1.00 e. The molecule has 0 N–H and O–H groups in total. The molecule has 0 spiro atoms. The minimum Gasteiger partial charge on any atom is -0.465 e. The van der Waals surface area contributed by atoms with Crippen LogP contribution >= 0.6 is 0 Å². The molecule has 1 aliphatic heterocycles. The summed E-state index contributed by atoms with van der Waals surface area (Å²) in [6.45, 7) is 1.35. The minimum atomic E-state index is -0.265. The van der Waals surface area contributed by atoms with E-state index in [2.05, 4.69) is 6.42 Å². The molecule has 3 fully saturated rings. The molecule has 0 aromatic carbocycles. The fourth-order valence-corrected chi connectivity index (χ4v) is 1.87. The van der Waals surface area contributed by atoms with E-state index >= 15 is 0 Å². The van der Waals surface area contributed by atoms with Gasteiger partial charge in [0.1, 0.15) is 6.29 Å². The molecule has 5 heteroatoms. The number of hydrogen-bond acceptors (Lipinski definition) is 3. The third-order valence-electron chi connectivity index (χ3n) is 2.81. The van der Waals surface area contributed by atoms with Crippen molar-refractivity contribution in [3.05, 3.63) is 63.7 Å². The Labute approximate surface area is 152 Å². The smallest absolute Gasteiger partial charge is 0.465 e. The van der Waals surface area contributed by atoms with E-state index in [-0.39, 0.29) is 48.3 Å². The van der Waals surface area contributed by atoms with Crippen molar-refractivity contribution >= 4 is 0 Å². The van der Waals surface area contributed by atoms with E-state index in [0.29, 0.717) is 6.61 Å². The van der Waals surface area contributed by atoms with Crippen LogP contribution in [0.1, 0.15) is 6.42 Å². The molecular weight excluding hydrogens is 303 g/mol. The van der Waals surface area contributed by atoms with E-state index in [4.69, 9.17) is 14.2 Å². The van der Waals surface area contributed by atoms with E-state index < -0.39 is 0 Å². The van der Waals surface area contributed by atoms with Crippen molar-refractivity contribution < 1.29 is 50.1 Å². The number of hydrogen-bond donors (Lipinski definition) is 0. The van der Waals surface area contributed by atoms with Gasteiger partial charge >= 0.3 is 18.9 Å². The first kappa shape index (κ1) is 22.0. The third-order valence-corrected chi connectivity index (χ3v) is 2.81. The van der Waals surface area contributed by atoms with Crippen LogP contribution in [0.15, 0.2) is 0 Å². The molecule has 110 valence electrons. The first-order valence-corrected chi connectivity index (χ1v) is 6.46. The molecule has 10 radical (unpaired) electrons. The molecule has 2 saturated carbocycles. The van der Waals surface area contributed by atoms with Crippen molar-refractivity contribution in [1.82, 2.24) is 0 Å². The van der Waals surface area contributed by atoms with Gasteiger partial charge in [0.15, 0.2) is 0 Å². The summed E-state index contributed by atoms with van der Waals surface area (Å²) in [5.41, 5.74) is 0. The molecular formula is C16H19FeLiO3. The molecule has 0 aromatic heterocycles. The van der Waals surface area contributed by atoms with Crippen LogP contribution in [0.4, 0.5) is 0 Å². The zero-order valence-electron chi connectivity index (χ0n) is 12.5. The predicted octanol–water partition coefficient (Wildman–Crippen LogP) is -0.930. The Morgan fingerprint density at radius 1 is 1.19 bits per heavy atom. The molecule has 3 aliphatic rings. The van der Waals surface area contributed by atoms with Crippen LogP contribution < -0.4 is 18.9 Å². The van der Waals surface area contributed by atoms with E-state index in [0.717, 1.165) is 18.9 Å². The molecule has 1 saturated heterocycles.